The van der Waals surface area contributed by atoms with Crippen molar-refractivity contribution in [2.24, 2.45) is 0 Å². The zero-order chi connectivity index (χ0) is 15.9. The minimum absolute atomic E-state index is 0.310. The van der Waals surface area contributed by atoms with E-state index in [1.165, 1.54) is 4.90 Å². The summed E-state index contributed by atoms with van der Waals surface area (Å²) < 4.78 is 5.66. The monoisotopic (exact) mass is 319 g/mol. The minimum atomic E-state index is -1.03. The summed E-state index contributed by atoms with van der Waals surface area (Å²) in [5.74, 6) is -0.752. The number of hydrogen-bond donors (Lipinski definition) is 1. The quantitative estimate of drug-likeness (QED) is 0.852. The number of carboxylic acids is 1. The van der Waals surface area contributed by atoms with Gasteiger partial charge in [0.2, 0.25) is 0 Å². The molecule has 6 heteroatoms. The maximum atomic E-state index is 12.3. The molecule has 0 atom stereocenters. The van der Waals surface area contributed by atoms with Crippen molar-refractivity contribution in [2.75, 3.05) is 13.1 Å². The first kappa shape index (κ1) is 16.0. The number of thiophene rings is 1. The summed E-state index contributed by atoms with van der Waals surface area (Å²) in [5, 5.41) is 10.8. The van der Waals surface area contributed by atoms with Crippen molar-refractivity contribution in [3.63, 3.8) is 0 Å². The Morgan fingerprint density at radius 3 is 2.73 bits per heavy atom. The standard InChI is InChI=1S/C16H17NO4S/c1-2-17(10-15(18)19)16(20)12-5-3-6-13(9-12)21-11-14-7-4-8-22-14/h3-9H,2,10-11H2,1H3,(H,18,19). The van der Waals surface area contributed by atoms with Gasteiger partial charge in [0.1, 0.15) is 18.9 Å². The maximum Gasteiger partial charge on any atom is 0.323 e. The summed E-state index contributed by atoms with van der Waals surface area (Å²) >= 11 is 1.60. The highest BCUT2D eigenvalue weighted by Crippen LogP contribution is 2.18. The molecule has 0 spiro atoms. The van der Waals surface area contributed by atoms with Crippen LogP contribution >= 0.6 is 11.3 Å². The van der Waals surface area contributed by atoms with Crippen LogP contribution in [-0.2, 0) is 11.4 Å². The van der Waals surface area contributed by atoms with Crippen LogP contribution in [0.25, 0.3) is 0 Å². The second-order valence-electron chi connectivity index (χ2n) is 4.61. The molecule has 1 aromatic carbocycles. The number of carboxylic acid groups (broad SMARTS) is 1. The molecule has 0 unspecified atom stereocenters. The van der Waals surface area contributed by atoms with E-state index in [9.17, 15) is 9.59 Å². The fourth-order valence-electron chi connectivity index (χ4n) is 1.94. The second kappa shape index (κ2) is 7.61. The summed E-state index contributed by atoms with van der Waals surface area (Å²) in [7, 11) is 0. The first-order valence-corrected chi connectivity index (χ1v) is 7.74. The van der Waals surface area contributed by atoms with Gasteiger partial charge >= 0.3 is 5.97 Å². The lowest BCUT2D eigenvalue weighted by molar-refractivity contribution is -0.137. The van der Waals surface area contributed by atoms with Gasteiger partial charge in [-0.15, -0.1) is 11.3 Å². The Morgan fingerprint density at radius 2 is 2.09 bits per heavy atom. The smallest absolute Gasteiger partial charge is 0.323 e. The van der Waals surface area contributed by atoms with Gasteiger partial charge in [0.25, 0.3) is 5.91 Å². The van der Waals surface area contributed by atoms with Crippen LogP contribution in [0, 0.1) is 0 Å². The van der Waals surface area contributed by atoms with Gasteiger partial charge in [-0.2, -0.15) is 0 Å². The highest BCUT2D eigenvalue weighted by atomic mass is 32.1. The number of hydrogen-bond acceptors (Lipinski definition) is 4. The number of carbonyl (C=O) groups is 2. The van der Waals surface area contributed by atoms with Crippen LogP contribution < -0.4 is 4.74 Å². The van der Waals surface area contributed by atoms with E-state index in [4.69, 9.17) is 9.84 Å². The average Bonchev–Trinajstić information content (AvgIpc) is 3.03. The lowest BCUT2D eigenvalue weighted by Gasteiger charge is -2.18. The fourth-order valence-corrected chi connectivity index (χ4v) is 2.56. The van der Waals surface area contributed by atoms with Crippen molar-refractivity contribution in [1.82, 2.24) is 4.90 Å². The van der Waals surface area contributed by atoms with Crippen molar-refractivity contribution in [2.45, 2.75) is 13.5 Å². The van der Waals surface area contributed by atoms with Gasteiger partial charge in [-0.25, -0.2) is 0 Å². The average molecular weight is 319 g/mol. The van der Waals surface area contributed by atoms with Crippen LogP contribution in [0.2, 0.25) is 0 Å². The van der Waals surface area contributed by atoms with E-state index in [0.717, 1.165) is 4.88 Å². The number of rotatable bonds is 7. The summed E-state index contributed by atoms with van der Waals surface area (Å²) in [5.41, 5.74) is 0.423. The van der Waals surface area contributed by atoms with E-state index in [2.05, 4.69) is 0 Å². The summed E-state index contributed by atoms with van der Waals surface area (Å²) in [6.45, 7) is 2.22. The number of amides is 1. The van der Waals surface area contributed by atoms with E-state index >= 15 is 0 Å². The van der Waals surface area contributed by atoms with Gasteiger partial charge < -0.3 is 14.7 Å². The Bertz CT molecular complexity index is 639. The van der Waals surface area contributed by atoms with Gasteiger partial charge in [0.15, 0.2) is 0 Å². The predicted molar refractivity (Wildman–Crippen MR) is 84.3 cm³/mol. The van der Waals surface area contributed by atoms with Crippen LogP contribution in [-0.4, -0.2) is 35.0 Å². The zero-order valence-corrected chi connectivity index (χ0v) is 13.0. The molecule has 1 amide bonds. The fraction of sp³-hybridized carbons (Fsp3) is 0.250. The van der Waals surface area contributed by atoms with Gasteiger partial charge in [-0.1, -0.05) is 12.1 Å². The lowest BCUT2D eigenvalue weighted by Crippen LogP contribution is -2.35. The van der Waals surface area contributed by atoms with E-state index in [-0.39, 0.29) is 12.5 Å². The Hall–Kier alpha value is -2.34. The highest BCUT2D eigenvalue weighted by Gasteiger charge is 2.17. The van der Waals surface area contributed by atoms with E-state index < -0.39 is 5.97 Å². The van der Waals surface area contributed by atoms with Gasteiger partial charge in [0.05, 0.1) is 0 Å². The number of likely N-dealkylation sites (N-methyl/N-ethyl adjacent to an activating group) is 1. The van der Waals surface area contributed by atoms with Gasteiger partial charge in [-0.3, -0.25) is 9.59 Å². The summed E-state index contributed by atoms with van der Waals surface area (Å²) in [6.07, 6.45) is 0. The Kier molecular flexibility index (Phi) is 5.55. The molecule has 1 N–H and O–H groups in total. The van der Waals surface area contributed by atoms with E-state index in [1.807, 2.05) is 17.5 Å². The Labute approximate surface area is 132 Å². The van der Waals surface area contributed by atoms with Gasteiger partial charge in [0, 0.05) is 17.0 Å². The van der Waals surface area contributed by atoms with Crippen molar-refractivity contribution in [3.8, 4) is 5.75 Å². The normalized spacial score (nSPS) is 10.2. The number of benzene rings is 1. The third kappa shape index (κ3) is 4.33. The SMILES string of the molecule is CCN(CC(=O)O)C(=O)c1cccc(OCc2cccs2)c1. The number of ether oxygens (including phenoxy) is 1. The molecule has 116 valence electrons. The number of aliphatic carboxylic acids is 1. The number of nitrogens with zero attached hydrogens (tertiary/aromatic N) is 1. The van der Waals surface area contributed by atoms with Crippen molar-refractivity contribution < 1.29 is 19.4 Å². The van der Waals surface area contributed by atoms with Crippen LogP contribution in [0.5, 0.6) is 5.75 Å². The molecule has 1 heterocycles. The Morgan fingerprint density at radius 1 is 1.27 bits per heavy atom. The molecule has 2 rings (SSSR count). The molecule has 2 aromatic rings. The Balaban J connectivity index is 2.06. The molecule has 22 heavy (non-hydrogen) atoms. The third-order valence-electron chi connectivity index (χ3n) is 3.04. The summed E-state index contributed by atoms with van der Waals surface area (Å²) in [6, 6.07) is 10.7. The van der Waals surface area contributed by atoms with Crippen LogP contribution in [0.3, 0.4) is 0 Å². The number of carbonyl (C=O) groups excluding carboxylic acids is 1. The first-order chi connectivity index (χ1) is 10.6. The van der Waals surface area contributed by atoms with Crippen molar-refractivity contribution >= 4 is 23.2 Å². The molecule has 0 saturated carbocycles. The second-order valence-corrected chi connectivity index (χ2v) is 5.64. The zero-order valence-electron chi connectivity index (χ0n) is 12.2. The topological polar surface area (TPSA) is 66.8 Å². The molecule has 0 bridgehead atoms. The molecular formula is C16H17NO4S. The first-order valence-electron chi connectivity index (χ1n) is 6.86. The van der Waals surface area contributed by atoms with Crippen molar-refractivity contribution in [3.05, 3.63) is 52.2 Å². The lowest BCUT2D eigenvalue weighted by atomic mass is 10.2. The molecule has 0 radical (unpaired) electrons. The van der Waals surface area contributed by atoms with Gasteiger partial charge in [-0.05, 0) is 36.6 Å². The van der Waals surface area contributed by atoms with Crippen LogP contribution in [0.15, 0.2) is 41.8 Å². The van der Waals surface area contributed by atoms with E-state index in [0.29, 0.717) is 24.5 Å². The molecule has 5 nitrogen and oxygen atoms in total. The molecule has 0 aliphatic rings. The molecule has 0 aliphatic heterocycles. The molecule has 0 fully saturated rings. The van der Waals surface area contributed by atoms with Crippen molar-refractivity contribution in [1.29, 1.82) is 0 Å². The third-order valence-corrected chi connectivity index (χ3v) is 3.89. The molecular weight excluding hydrogens is 302 g/mol. The molecule has 0 saturated heterocycles. The predicted octanol–water partition coefficient (Wildman–Crippen LogP) is 2.87. The van der Waals surface area contributed by atoms with E-state index in [1.54, 1.807) is 42.5 Å². The minimum Gasteiger partial charge on any atom is -0.488 e. The highest BCUT2D eigenvalue weighted by molar-refractivity contribution is 7.09. The largest absolute Gasteiger partial charge is 0.488 e. The molecule has 0 aliphatic carbocycles. The maximum absolute atomic E-state index is 12.3. The summed E-state index contributed by atoms with van der Waals surface area (Å²) in [4.78, 5) is 25.5. The molecule has 1 aromatic heterocycles. The van der Waals surface area contributed by atoms with Crippen LogP contribution in [0.4, 0.5) is 0 Å². The van der Waals surface area contributed by atoms with Crippen LogP contribution in [0.1, 0.15) is 22.2 Å².